The van der Waals surface area contributed by atoms with Crippen LogP contribution in [0.3, 0.4) is 0 Å². The van der Waals surface area contributed by atoms with Gasteiger partial charge in [-0.2, -0.15) is 0 Å². The lowest BCUT2D eigenvalue weighted by molar-refractivity contribution is -0.123. The zero-order chi connectivity index (χ0) is 24.4. The Kier molecular flexibility index (Phi) is 9.70. The number of ether oxygens (including phenoxy) is 2. The molecule has 1 amide bonds. The molecule has 2 aromatic carbocycles. The summed E-state index contributed by atoms with van der Waals surface area (Å²) >= 11 is 0. The third kappa shape index (κ3) is 8.40. The third-order valence-corrected chi connectivity index (χ3v) is 6.08. The molecule has 0 aliphatic carbocycles. The van der Waals surface area contributed by atoms with Crippen LogP contribution in [0.2, 0.25) is 0 Å². The molecule has 1 atom stereocenters. The minimum atomic E-state index is -3.51. The second-order valence-electron chi connectivity index (χ2n) is 7.54. The molecule has 0 aliphatic heterocycles. The lowest BCUT2D eigenvalue weighted by Crippen LogP contribution is -2.49. The van der Waals surface area contributed by atoms with Gasteiger partial charge in [0.25, 0.3) is 0 Å². The highest BCUT2D eigenvalue weighted by Gasteiger charge is 2.26. The van der Waals surface area contributed by atoms with Crippen molar-refractivity contribution in [1.82, 2.24) is 10.0 Å². The van der Waals surface area contributed by atoms with Gasteiger partial charge in [-0.1, -0.05) is 31.8 Å². The Balaban J connectivity index is 1.98. The maximum atomic E-state index is 12.9. The second-order valence-corrected chi connectivity index (χ2v) is 9.59. The minimum Gasteiger partial charge on any atom is -0.493 e. The van der Waals surface area contributed by atoms with Crippen LogP contribution in [0.25, 0.3) is 0 Å². The van der Waals surface area contributed by atoms with Crippen molar-refractivity contribution in [2.24, 2.45) is 5.92 Å². The first kappa shape index (κ1) is 26.2. The molecule has 0 bridgehead atoms. The first-order valence-corrected chi connectivity index (χ1v) is 12.1. The summed E-state index contributed by atoms with van der Waals surface area (Å²) < 4.78 is 50.1. The maximum Gasteiger partial charge on any atom is 0.238 e. The minimum absolute atomic E-state index is 0.101. The molecule has 0 aromatic heterocycles. The van der Waals surface area contributed by atoms with Gasteiger partial charge in [0.05, 0.1) is 12.9 Å². The van der Waals surface area contributed by atoms with E-state index in [9.17, 15) is 17.6 Å². The number of benzene rings is 2. The van der Waals surface area contributed by atoms with Crippen LogP contribution < -0.4 is 19.5 Å². The van der Waals surface area contributed by atoms with Gasteiger partial charge in [-0.3, -0.25) is 4.79 Å². The van der Waals surface area contributed by atoms with Crippen molar-refractivity contribution in [3.05, 3.63) is 59.4 Å². The highest BCUT2D eigenvalue weighted by Crippen LogP contribution is 2.28. The van der Waals surface area contributed by atoms with Gasteiger partial charge in [0.1, 0.15) is 18.5 Å². The number of methoxy groups -OCH3 is 1. The Hall–Kier alpha value is -3.09. The lowest BCUT2D eigenvalue weighted by Gasteiger charge is -2.21. The number of nitrogens with one attached hydrogen (secondary N) is 2. The van der Waals surface area contributed by atoms with E-state index in [1.807, 2.05) is 0 Å². The molecule has 2 aromatic rings. The van der Waals surface area contributed by atoms with Crippen LogP contribution in [0.4, 0.5) is 4.39 Å². The number of carbonyl (C=O) groups excluding carboxylic acids is 1. The predicted molar refractivity (Wildman–Crippen MR) is 125 cm³/mol. The Morgan fingerprint density at radius 3 is 2.42 bits per heavy atom. The van der Waals surface area contributed by atoms with E-state index in [-0.39, 0.29) is 30.6 Å². The first-order chi connectivity index (χ1) is 15.6. The van der Waals surface area contributed by atoms with Gasteiger partial charge in [-0.05, 0) is 54.8 Å². The Morgan fingerprint density at radius 2 is 1.82 bits per heavy atom. The SMILES string of the molecule is CCS(=O)(=O)NC(C(=O)NCc1ccc(OCC#Cc2ccc(F)cc2)c(OC)c1)C(C)C. The van der Waals surface area contributed by atoms with Crippen molar-refractivity contribution < 1.29 is 27.1 Å². The molecule has 2 rings (SSSR count). The number of carbonyl (C=O) groups is 1. The molecule has 0 spiro atoms. The fourth-order valence-corrected chi connectivity index (χ4v) is 3.73. The van der Waals surface area contributed by atoms with E-state index in [4.69, 9.17) is 9.47 Å². The van der Waals surface area contributed by atoms with E-state index in [0.29, 0.717) is 17.1 Å². The number of halogens is 1. The van der Waals surface area contributed by atoms with E-state index in [1.54, 1.807) is 44.2 Å². The summed E-state index contributed by atoms with van der Waals surface area (Å²) in [7, 11) is -2.01. The summed E-state index contributed by atoms with van der Waals surface area (Å²) in [5.74, 6) is 5.66. The molecule has 33 heavy (non-hydrogen) atoms. The zero-order valence-corrected chi connectivity index (χ0v) is 20.0. The van der Waals surface area contributed by atoms with Crippen molar-refractivity contribution in [3.8, 4) is 23.3 Å². The number of rotatable bonds is 10. The second kappa shape index (κ2) is 12.2. The average Bonchev–Trinajstić information content (AvgIpc) is 2.80. The molecule has 0 saturated carbocycles. The molecule has 0 radical (unpaired) electrons. The van der Waals surface area contributed by atoms with E-state index < -0.39 is 22.0 Å². The quantitative estimate of drug-likeness (QED) is 0.515. The Labute approximate surface area is 194 Å². The topological polar surface area (TPSA) is 93.7 Å². The standard InChI is InChI=1S/C24H29FN2O5S/c1-5-33(29,30)27-23(17(2)3)24(28)26-16-19-10-13-21(22(15-19)31-4)32-14-6-7-18-8-11-20(25)12-9-18/h8-13,15,17,23,27H,5,14,16H2,1-4H3,(H,26,28). The molecule has 0 heterocycles. The van der Waals surface area contributed by atoms with Crippen LogP contribution in [0.1, 0.15) is 31.9 Å². The molecule has 178 valence electrons. The number of hydrogen-bond donors (Lipinski definition) is 2. The fraction of sp³-hybridized carbons (Fsp3) is 0.375. The summed E-state index contributed by atoms with van der Waals surface area (Å²) in [5, 5.41) is 2.76. The third-order valence-electron chi connectivity index (χ3n) is 4.71. The largest absolute Gasteiger partial charge is 0.493 e. The molecule has 0 aliphatic rings. The smallest absolute Gasteiger partial charge is 0.238 e. The van der Waals surface area contributed by atoms with Gasteiger partial charge in [0.15, 0.2) is 11.5 Å². The van der Waals surface area contributed by atoms with Crippen LogP contribution in [-0.4, -0.2) is 39.8 Å². The number of sulfonamides is 1. The van der Waals surface area contributed by atoms with E-state index >= 15 is 0 Å². The molecule has 2 N–H and O–H groups in total. The van der Waals surface area contributed by atoms with Gasteiger partial charge in [0.2, 0.25) is 15.9 Å². The summed E-state index contributed by atoms with van der Waals surface area (Å²) in [6.45, 7) is 5.36. The molecule has 0 saturated heterocycles. The van der Waals surface area contributed by atoms with Crippen LogP contribution in [-0.2, 0) is 21.4 Å². The van der Waals surface area contributed by atoms with Crippen LogP contribution in [0.15, 0.2) is 42.5 Å². The highest BCUT2D eigenvalue weighted by atomic mass is 32.2. The van der Waals surface area contributed by atoms with E-state index in [2.05, 4.69) is 21.9 Å². The van der Waals surface area contributed by atoms with Crippen molar-refractivity contribution in [1.29, 1.82) is 0 Å². The fourth-order valence-electron chi connectivity index (χ4n) is 2.79. The van der Waals surface area contributed by atoms with E-state index in [1.165, 1.54) is 26.2 Å². The monoisotopic (exact) mass is 476 g/mol. The van der Waals surface area contributed by atoms with Crippen molar-refractivity contribution in [3.63, 3.8) is 0 Å². The average molecular weight is 477 g/mol. The van der Waals surface area contributed by atoms with Crippen LogP contribution in [0.5, 0.6) is 11.5 Å². The highest BCUT2D eigenvalue weighted by molar-refractivity contribution is 7.89. The van der Waals surface area contributed by atoms with Gasteiger partial charge < -0.3 is 14.8 Å². The Morgan fingerprint density at radius 1 is 1.12 bits per heavy atom. The van der Waals surface area contributed by atoms with E-state index in [0.717, 1.165) is 5.56 Å². The van der Waals surface area contributed by atoms with Gasteiger partial charge in [-0.25, -0.2) is 17.5 Å². The van der Waals surface area contributed by atoms with Gasteiger partial charge >= 0.3 is 0 Å². The van der Waals surface area contributed by atoms with Crippen molar-refractivity contribution >= 4 is 15.9 Å². The predicted octanol–water partition coefficient (Wildman–Crippen LogP) is 2.84. The number of hydrogen-bond acceptors (Lipinski definition) is 5. The van der Waals surface area contributed by atoms with Gasteiger partial charge in [0, 0.05) is 12.1 Å². The summed E-state index contributed by atoms with van der Waals surface area (Å²) in [6.07, 6.45) is 0. The molecular weight excluding hydrogens is 447 g/mol. The summed E-state index contributed by atoms with van der Waals surface area (Å²) in [4.78, 5) is 12.6. The Bertz CT molecular complexity index is 1110. The normalized spacial score (nSPS) is 11.9. The lowest BCUT2D eigenvalue weighted by atomic mass is 10.0. The molecule has 7 nitrogen and oxygen atoms in total. The van der Waals surface area contributed by atoms with Crippen LogP contribution >= 0.6 is 0 Å². The van der Waals surface area contributed by atoms with Crippen molar-refractivity contribution in [2.45, 2.75) is 33.4 Å². The molecule has 1 unspecified atom stereocenters. The molecule has 9 heteroatoms. The maximum absolute atomic E-state index is 12.9. The first-order valence-electron chi connectivity index (χ1n) is 10.5. The molecular formula is C24H29FN2O5S. The summed E-state index contributed by atoms with van der Waals surface area (Å²) in [5.41, 5.74) is 1.43. The zero-order valence-electron chi connectivity index (χ0n) is 19.1. The van der Waals surface area contributed by atoms with Crippen LogP contribution in [0, 0.1) is 23.6 Å². The van der Waals surface area contributed by atoms with Gasteiger partial charge in [-0.15, -0.1) is 0 Å². The summed E-state index contributed by atoms with van der Waals surface area (Å²) in [6, 6.07) is 10.2. The number of amides is 1. The van der Waals surface area contributed by atoms with Crippen molar-refractivity contribution in [2.75, 3.05) is 19.5 Å². The molecule has 0 fully saturated rings.